The Balaban J connectivity index is 2.14. The summed E-state index contributed by atoms with van der Waals surface area (Å²) in [5.41, 5.74) is 6.36. The van der Waals surface area contributed by atoms with Gasteiger partial charge in [-0.05, 0) is 30.5 Å². The summed E-state index contributed by atoms with van der Waals surface area (Å²) in [6, 6.07) is 5.71. The van der Waals surface area contributed by atoms with Crippen molar-refractivity contribution in [2.75, 3.05) is 12.3 Å². The third-order valence-corrected chi connectivity index (χ3v) is 3.43. The zero-order chi connectivity index (χ0) is 14.0. The zero-order valence-electron chi connectivity index (χ0n) is 10.3. The molecule has 0 saturated heterocycles. The van der Waals surface area contributed by atoms with Crippen molar-refractivity contribution in [1.29, 1.82) is 0 Å². The lowest BCUT2D eigenvalue weighted by Crippen LogP contribution is -2.47. The first kappa shape index (κ1) is 13.4. The number of amides is 1. The number of carboxylic acid groups (broad SMARTS) is 1. The monoisotopic (exact) mass is 264 g/mol. The normalized spacial score (nSPS) is 17.5. The van der Waals surface area contributed by atoms with Gasteiger partial charge in [-0.15, -0.1) is 0 Å². The van der Waals surface area contributed by atoms with Gasteiger partial charge in [-0.1, -0.05) is 12.1 Å². The Morgan fingerprint density at radius 3 is 2.32 bits per heavy atom. The Hall–Kier alpha value is -2.08. The summed E-state index contributed by atoms with van der Waals surface area (Å²) >= 11 is 0. The molecule has 1 amide bonds. The Morgan fingerprint density at radius 1 is 1.32 bits per heavy atom. The maximum atomic E-state index is 12.2. The molecule has 1 aliphatic rings. The van der Waals surface area contributed by atoms with E-state index >= 15 is 0 Å². The summed E-state index contributed by atoms with van der Waals surface area (Å²) in [5, 5.41) is 20.1. The number of nitrogens with one attached hydrogen (secondary N) is 1. The van der Waals surface area contributed by atoms with E-state index in [1.165, 1.54) is 0 Å². The smallest absolute Gasteiger partial charge is 0.328 e. The van der Waals surface area contributed by atoms with Crippen LogP contribution in [-0.2, 0) is 15.0 Å². The largest absolute Gasteiger partial charge is 0.480 e. The molecule has 6 heteroatoms. The first-order chi connectivity index (χ1) is 8.99. The molecule has 1 aromatic carbocycles. The number of carboxylic acids is 1. The van der Waals surface area contributed by atoms with Gasteiger partial charge >= 0.3 is 5.97 Å². The van der Waals surface area contributed by atoms with Crippen LogP contribution in [0.5, 0.6) is 0 Å². The lowest BCUT2D eigenvalue weighted by molar-refractivity contribution is -0.143. The number of rotatable bonds is 5. The molecule has 1 aliphatic carbocycles. The fraction of sp³-hybridized carbons (Fsp3) is 0.385. The van der Waals surface area contributed by atoms with Crippen molar-refractivity contribution in [1.82, 2.24) is 5.32 Å². The molecule has 19 heavy (non-hydrogen) atoms. The van der Waals surface area contributed by atoms with Gasteiger partial charge in [-0.3, -0.25) is 4.79 Å². The Labute approximate surface area is 110 Å². The summed E-state index contributed by atoms with van der Waals surface area (Å²) in [6.07, 6.45) is 1.33. The summed E-state index contributed by atoms with van der Waals surface area (Å²) in [5.74, 6) is -1.61. The molecule has 0 aliphatic heterocycles. The second kappa shape index (κ2) is 4.89. The third-order valence-electron chi connectivity index (χ3n) is 3.43. The average molecular weight is 264 g/mol. The van der Waals surface area contributed by atoms with Gasteiger partial charge in [0.1, 0.15) is 6.04 Å². The molecule has 0 aromatic heterocycles. The van der Waals surface area contributed by atoms with Crippen LogP contribution in [-0.4, -0.2) is 34.7 Å². The fourth-order valence-electron chi connectivity index (χ4n) is 2.06. The van der Waals surface area contributed by atoms with Gasteiger partial charge in [0.15, 0.2) is 0 Å². The van der Waals surface area contributed by atoms with Crippen LogP contribution in [0.15, 0.2) is 24.3 Å². The van der Waals surface area contributed by atoms with Crippen molar-refractivity contribution in [3.63, 3.8) is 0 Å². The predicted octanol–water partition coefficient (Wildman–Crippen LogP) is -0.138. The Morgan fingerprint density at radius 2 is 1.89 bits per heavy atom. The van der Waals surface area contributed by atoms with Crippen molar-refractivity contribution in [3.8, 4) is 0 Å². The van der Waals surface area contributed by atoms with E-state index < -0.39 is 24.0 Å². The lowest BCUT2D eigenvalue weighted by Gasteiger charge is -2.19. The number of anilines is 1. The molecule has 1 unspecified atom stereocenters. The second-order valence-corrected chi connectivity index (χ2v) is 4.75. The van der Waals surface area contributed by atoms with Crippen LogP contribution in [0.3, 0.4) is 0 Å². The summed E-state index contributed by atoms with van der Waals surface area (Å²) in [4.78, 5) is 23.0. The number of aliphatic carboxylic acids is 1. The topological polar surface area (TPSA) is 113 Å². The highest BCUT2D eigenvalue weighted by molar-refractivity contribution is 5.94. The van der Waals surface area contributed by atoms with E-state index in [9.17, 15) is 9.59 Å². The number of hydrogen-bond donors (Lipinski definition) is 4. The maximum absolute atomic E-state index is 12.2. The molecule has 1 saturated carbocycles. The first-order valence-corrected chi connectivity index (χ1v) is 6.00. The maximum Gasteiger partial charge on any atom is 0.328 e. The van der Waals surface area contributed by atoms with Gasteiger partial charge in [0.25, 0.3) is 0 Å². The summed E-state index contributed by atoms with van der Waals surface area (Å²) < 4.78 is 0. The average Bonchev–Trinajstić information content (AvgIpc) is 3.17. The fourth-order valence-corrected chi connectivity index (χ4v) is 2.06. The van der Waals surface area contributed by atoms with Crippen molar-refractivity contribution in [2.45, 2.75) is 24.3 Å². The molecule has 1 aromatic rings. The van der Waals surface area contributed by atoms with E-state index in [-0.39, 0.29) is 5.91 Å². The number of benzene rings is 1. The molecule has 5 N–H and O–H groups in total. The van der Waals surface area contributed by atoms with Crippen LogP contribution in [0.2, 0.25) is 0 Å². The van der Waals surface area contributed by atoms with E-state index in [4.69, 9.17) is 15.9 Å². The zero-order valence-corrected chi connectivity index (χ0v) is 10.3. The number of carbonyl (C=O) groups is 2. The van der Waals surface area contributed by atoms with Gasteiger partial charge in [0.2, 0.25) is 5.91 Å². The molecule has 1 atom stereocenters. The van der Waals surface area contributed by atoms with Gasteiger partial charge in [0.05, 0.1) is 12.0 Å². The van der Waals surface area contributed by atoms with E-state index in [0.29, 0.717) is 18.5 Å². The van der Waals surface area contributed by atoms with Crippen LogP contribution in [0.4, 0.5) is 5.69 Å². The van der Waals surface area contributed by atoms with Gasteiger partial charge in [-0.2, -0.15) is 0 Å². The minimum absolute atomic E-state index is 0.362. The van der Waals surface area contributed by atoms with E-state index in [2.05, 4.69) is 5.32 Å². The van der Waals surface area contributed by atoms with Crippen LogP contribution >= 0.6 is 0 Å². The molecule has 0 radical (unpaired) electrons. The number of carbonyl (C=O) groups excluding carboxylic acids is 1. The minimum Gasteiger partial charge on any atom is -0.480 e. The molecule has 1 fully saturated rings. The van der Waals surface area contributed by atoms with E-state index in [1.807, 2.05) is 0 Å². The molecule has 6 nitrogen and oxygen atoms in total. The molecular weight excluding hydrogens is 248 g/mol. The third kappa shape index (κ3) is 2.53. The van der Waals surface area contributed by atoms with Crippen LogP contribution in [0.25, 0.3) is 0 Å². The molecule has 0 bridgehead atoms. The molecular formula is C13H16N2O4. The SMILES string of the molecule is Nc1ccc(C2(C(=O)NC(CO)C(=O)O)CC2)cc1. The Kier molecular flexibility index (Phi) is 3.44. The number of hydrogen-bond acceptors (Lipinski definition) is 4. The second-order valence-electron chi connectivity index (χ2n) is 4.75. The standard InChI is InChI=1S/C13H16N2O4/c14-9-3-1-8(2-4-9)13(5-6-13)12(19)15-10(7-16)11(17)18/h1-4,10,16H,5-7,14H2,(H,15,19)(H,17,18). The highest BCUT2D eigenvalue weighted by Gasteiger charge is 2.51. The minimum atomic E-state index is -1.27. The summed E-state index contributed by atoms with van der Waals surface area (Å²) in [7, 11) is 0. The van der Waals surface area contributed by atoms with E-state index in [0.717, 1.165) is 5.56 Å². The van der Waals surface area contributed by atoms with Crippen molar-refractivity contribution >= 4 is 17.6 Å². The molecule has 2 rings (SSSR count). The molecule has 0 spiro atoms. The number of aliphatic hydroxyl groups excluding tert-OH is 1. The summed E-state index contributed by atoms with van der Waals surface area (Å²) in [6.45, 7) is -0.626. The van der Waals surface area contributed by atoms with Crippen LogP contribution in [0.1, 0.15) is 18.4 Å². The van der Waals surface area contributed by atoms with Gasteiger partial charge in [-0.25, -0.2) is 4.79 Å². The van der Waals surface area contributed by atoms with Crippen molar-refractivity contribution < 1.29 is 19.8 Å². The number of nitrogen functional groups attached to an aromatic ring is 1. The lowest BCUT2D eigenvalue weighted by atomic mass is 9.94. The number of aliphatic hydroxyl groups is 1. The molecule has 102 valence electrons. The highest BCUT2D eigenvalue weighted by Crippen LogP contribution is 2.48. The highest BCUT2D eigenvalue weighted by atomic mass is 16.4. The van der Waals surface area contributed by atoms with E-state index in [1.54, 1.807) is 24.3 Å². The van der Waals surface area contributed by atoms with Gasteiger partial charge < -0.3 is 21.3 Å². The number of nitrogens with two attached hydrogens (primary N) is 1. The van der Waals surface area contributed by atoms with Crippen LogP contribution in [0, 0.1) is 0 Å². The van der Waals surface area contributed by atoms with Crippen molar-refractivity contribution in [3.05, 3.63) is 29.8 Å². The first-order valence-electron chi connectivity index (χ1n) is 6.00. The predicted molar refractivity (Wildman–Crippen MR) is 68.4 cm³/mol. The van der Waals surface area contributed by atoms with Gasteiger partial charge in [0, 0.05) is 5.69 Å². The van der Waals surface area contributed by atoms with Crippen LogP contribution < -0.4 is 11.1 Å². The Bertz CT molecular complexity index is 494. The molecule has 0 heterocycles. The van der Waals surface area contributed by atoms with Crippen molar-refractivity contribution in [2.24, 2.45) is 0 Å². The quantitative estimate of drug-likeness (QED) is 0.553.